The summed E-state index contributed by atoms with van der Waals surface area (Å²) in [4.78, 5) is 0. The fourth-order valence-corrected chi connectivity index (χ4v) is 2.56. The van der Waals surface area contributed by atoms with Gasteiger partial charge in [0.2, 0.25) is 0 Å². The van der Waals surface area contributed by atoms with Gasteiger partial charge in [-0.3, -0.25) is 0 Å². The molecule has 1 heteroatoms. The van der Waals surface area contributed by atoms with Gasteiger partial charge in [-0.05, 0) is 57.8 Å². The van der Waals surface area contributed by atoms with Crippen molar-refractivity contribution in [1.82, 2.24) is 0 Å². The molecule has 0 aliphatic carbocycles. The van der Waals surface area contributed by atoms with Crippen molar-refractivity contribution in [2.75, 3.05) is 0 Å². The summed E-state index contributed by atoms with van der Waals surface area (Å²) in [6.07, 6.45) is 25.9. The maximum absolute atomic E-state index is 9.95. The van der Waals surface area contributed by atoms with Crippen LogP contribution < -0.4 is 0 Å². The number of unbranched alkanes of at least 4 members (excludes halogenated alkanes) is 8. The summed E-state index contributed by atoms with van der Waals surface area (Å²) in [5.41, 5.74) is 0. The molecule has 130 valence electrons. The molecule has 1 unspecified atom stereocenters. The zero-order valence-corrected chi connectivity index (χ0v) is 15.2. The van der Waals surface area contributed by atoms with E-state index in [4.69, 9.17) is 0 Å². The first-order valence-corrected chi connectivity index (χ1v) is 9.79. The Balaban J connectivity index is 3.28. The Morgan fingerprint density at radius 2 is 1.05 bits per heavy atom. The average Bonchev–Trinajstić information content (AvgIpc) is 2.52. The Hall–Kier alpha value is -0.560. The molecule has 0 aliphatic heterocycles. The number of rotatable bonds is 16. The van der Waals surface area contributed by atoms with E-state index in [2.05, 4.69) is 38.2 Å². The lowest BCUT2D eigenvalue weighted by Crippen LogP contribution is -2.05. The van der Waals surface area contributed by atoms with E-state index in [-0.39, 0.29) is 6.10 Å². The number of aliphatic hydroxyl groups excluding tert-OH is 1. The SMILES string of the molecule is CCCC/C=C\CCCC(O)CCCC/C=C\CCCCC. The maximum Gasteiger partial charge on any atom is 0.0540 e. The van der Waals surface area contributed by atoms with Crippen molar-refractivity contribution in [2.24, 2.45) is 0 Å². The molecule has 0 spiro atoms. The minimum atomic E-state index is -0.0856. The second kappa shape index (κ2) is 18.5. The molecule has 0 aromatic rings. The van der Waals surface area contributed by atoms with Crippen molar-refractivity contribution in [1.29, 1.82) is 0 Å². The van der Waals surface area contributed by atoms with Crippen LogP contribution in [0.1, 0.15) is 104 Å². The van der Waals surface area contributed by atoms with Crippen molar-refractivity contribution in [3.05, 3.63) is 24.3 Å². The minimum absolute atomic E-state index is 0.0856. The Bertz CT molecular complexity index is 255. The van der Waals surface area contributed by atoms with Crippen LogP contribution in [0.5, 0.6) is 0 Å². The van der Waals surface area contributed by atoms with E-state index in [0.717, 1.165) is 32.1 Å². The van der Waals surface area contributed by atoms with Gasteiger partial charge < -0.3 is 5.11 Å². The first kappa shape index (κ1) is 21.4. The third-order valence-electron chi connectivity index (χ3n) is 4.10. The molecular weight excluding hydrogens is 268 g/mol. The highest BCUT2D eigenvalue weighted by Gasteiger charge is 2.02. The number of hydrogen-bond donors (Lipinski definition) is 1. The summed E-state index contributed by atoms with van der Waals surface area (Å²) in [6.45, 7) is 4.48. The normalized spacial score (nSPS) is 13.4. The van der Waals surface area contributed by atoms with E-state index in [1.807, 2.05) is 0 Å². The Morgan fingerprint density at radius 3 is 1.64 bits per heavy atom. The van der Waals surface area contributed by atoms with Gasteiger partial charge in [0.25, 0.3) is 0 Å². The van der Waals surface area contributed by atoms with Gasteiger partial charge in [-0.2, -0.15) is 0 Å². The summed E-state index contributed by atoms with van der Waals surface area (Å²) in [7, 11) is 0. The summed E-state index contributed by atoms with van der Waals surface area (Å²) >= 11 is 0. The molecule has 1 atom stereocenters. The lowest BCUT2D eigenvalue weighted by molar-refractivity contribution is 0.149. The van der Waals surface area contributed by atoms with Crippen LogP contribution >= 0.6 is 0 Å². The molecule has 0 aliphatic rings. The van der Waals surface area contributed by atoms with E-state index in [9.17, 15) is 5.11 Å². The molecule has 0 saturated carbocycles. The number of aliphatic hydroxyl groups is 1. The predicted octanol–water partition coefficient (Wildman–Crippen LogP) is 6.96. The first-order valence-electron chi connectivity index (χ1n) is 9.79. The van der Waals surface area contributed by atoms with Crippen LogP contribution in [0.25, 0.3) is 0 Å². The second-order valence-corrected chi connectivity index (χ2v) is 6.45. The minimum Gasteiger partial charge on any atom is -0.393 e. The monoisotopic (exact) mass is 308 g/mol. The Morgan fingerprint density at radius 1 is 0.591 bits per heavy atom. The summed E-state index contributed by atoms with van der Waals surface area (Å²) in [5.74, 6) is 0. The fraction of sp³-hybridized carbons (Fsp3) is 0.810. The van der Waals surface area contributed by atoms with Crippen molar-refractivity contribution < 1.29 is 5.11 Å². The molecule has 22 heavy (non-hydrogen) atoms. The molecule has 0 fully saturated rings. The number of hydrogen-bond acceptors (Lipinski definition) is 1. The fourth-order valence-electron chi connectivity index (χ4n) is 2.56. The topological polar surface area (TPSA) is 20.2 Å². The van der Waals surface area contributed by atoms with Gasteiger partial charge in [0.1, 0.15) is 0 Å². The summed E-state index contributed by atoms with van der Waals surface area (Å²) in [5, 5.41) is 9.95. The average molecular weight is 309 g/mol. The highest BCUT2D eigenvalue weighted by Crippen LogP contribution is 2.11. The predicted molar refractivity (Wildman–Crippen MR) is 100 cm³/mol. The standard InChI is InChI=1S/C21H40O/c1-3-5-7-9-11-12-14-16-18-20-21(22)19-17-15-13-10-8-6-4-2/h10-13,21-22H,3-9,14-20H2,1-2H3/b12-11-,13-10-. The van der Waals surface area contributed by atoms with Crippen molar-refractivity contribution in [2.45, 2.75) is 110 Å². The molecule has 0 amide bonds. The molecule has 0 aromatic carbocycles. The van der Waals surface area contributed by atoms with E-state index in [0.29, 0.717) is 0 Å². The molecule has 0 radical (unpaired) electrons. The quantitative estimate of drug-likeness (QED) is 0.241. The lowest BCUT2D eigenvalue weighted by Gasteiger charge is -2.08. The van der Waals surface area contributed by atoms with E-state index in [1.54, 1.807) is 0 Å². The second-order valence-electron chi connectivity index (χ2n) is 6.45. The van der Waals surface area contributed by atoms with Crippen LogP contribution in [0.2, 0.25) is 0 Å². The van der Waals surface area contributed by atoms with Gasteiger partial charge in [-0.25, -0.2) is 0 Å². The number of allylic oxidation sites excluding steroid dienone is 4. The third kappa shape index (κ3) is 17.5. The Kier molecular flexibility index (Phi) is 18.0. The van der Waals surface area contributed by atoms with Crippen LogP contribution in [-0.2, 0) is 0 Å². The van der Waals surface area contributed by atoms with Crippen molar-refractivity contribution in [3.63, 3.8) is 0 Å². The molecule has 0 heterocycles. The van der Waals surface area contributed by atoms with Gasteiger partial charge in [-0.1, -0.05) is 70.3 Å². The Labute approximate surface area is 139 Å². The first-order chi connectivity index (χ1) is 10.8. The van der Waals surface area contributed by atoms with E-state index >= 15 is 0 Å². The van der Waals surface area contributed by atoms with Gasteiger partial charge >= 0.3 is 0 Å². The third-order valence-corrected chi connectivity index (χ3v) is 4.10. The largest absolute Gasteiger partial charge is 0.393 e. The van der Waals surface area contributed by atoms with Gasteiger partial charge in [0.05, 0.1) is 6.10 Å². The van der Waals surface area contributed by atoms with Gasteiger partial charge in [-0.15, -0.1) is 0 Å². The molecule has 1 nitrogen and oxygen atoms in total. The zero-order valence-electron chi connectivity index (χ0n) is 15.2. The van der Waals surface area contributed by atoms with E-state index < -0.39 is 0 Å². The maximum atomic E-state index is 9.95. The lowest BCUT2D eigenvalue weighted by atomic mass is 10.0. The van der Waals surface area contributed by atoms with Crippen LogP contribution in [-0.4, -0.2) is 11.2 Å². The van der Waals surface area contributed by atoms with Gasteiger partial charge in [0.15, 0.2) is 0 Å². The van der Waals surface area contributed by atoms with Crippen molar-refractivity contribution >= 4 is 0 Å². The zero-order chi connectivity index (χ0) is 16.3. The summed E-state index contributed by atoms with van der Waals surface area (Å²) < 4.78 is 0. The van der Waals surface area contributed by atoms with Crippen LogP contribution in [0, 0.1) is 0 Å². The highest BCUT2D eigenvalue weighted by molar-refractivity contribution is 4.82. The molecule has 0 aromatic heterocycles. The molecule has 0 saturated heterocycles. The molecule has 1 N–H and O–H groups in total. The van der Waals surface area contributed by atoms with Crippen LogP contribution in [0.4, 0.5) is 0 Å². The smallest absolute Gasteiger partial charge is 0.0540 e. The summed E-state index contributed by atoms with van der Waals surface area (Å²) in [6, 6.07) is 0. The van der Waals surface area contributed by atoms with Crippen LogP contribution in [0.15, 0.2) is 24.3 Å². The molecule has 0 bridgehead atoms. The molecule has 0 rings (SSSR count). The van der Waals surface area contributed by atoms with Crippen LogP contribution in [0.3, 0.4) is 0 Å². The van der Waals surface area contributed by atoms with E-state index in [1.165, 1.54) is 57.8 Å². The highest BCUT2D eigenvalue weighted by atomic mass is 16.3. The van der Waals surface area contributed by atoms with Crippen molar-refractivity contribution in [3.8, 4) is 0 Å². The van der Waals surface area contributed by atoms with Gasteiger partial charge in [0, 0.05) is 0 Å². The molecular formula is C21H40O.